The minimum atomic E-state index is 0.205. The summed E-state index contributed by atoms with van der Waals surface area (Å²) >= 11 is 5.21. The molecule has 0 saturated heterocycles. The second kappa shape index (κ2) is 6.28. The Morgan fingerprint density at radius 3 is 2.20 bits per heavy atom. The molecule has 90 valence electrons. The van der Waals surface area contributed by atoms with Gasteiger partial charge in [-0.1, -0.05) is 20.8 Å². The van der Waals surface area contributed by atoms with E-state index in [1.165, 1.54) is 0 Å². The van der Waals surface area contributed by atoms with E-state index in [0.717, 1.165) is 0 Å². The number of rotatable bonds is 4. The minimum absolute atomic E-state index is 0.205. The quantitative estimate of drug-likeness (QED) is 0.726. The SMILES string of the molecule is COCC(C)NC(=S)NC(C)C(C)(C)C. The fraction of sp³-hybridized carbons (Fsp3) is 0.909. The highest BCUT2D eigenvalue weighted by molar-refractivity contribution is 7.80. The molecule has 0 bridgehead atoms. The average Bonchev–Trinajstić information content (AvgIpc) is 2.01. The van der Waals surface area contributed by atoms with Crippen LogP contribution in [0.5, 0.6) is 0 Å². The Labute approximate surface area is 99.0 Å². The highest BCUT2D eigenvalue weighted by Gasteiger charge is 2.20. The summed E-state index contributed by atoms with van der Waals surface area (Å²) in [6.45, 7) is 11.4. The number of hydrogen-bond donors (Lipinski definition) is 2. The van der Waals surface area contributed by atoms with Crippen LogP contribution in [0.25, 0.3) is 0 Å². The number of thiocarbonyl (C=S) groups is 1. The first-order valence-corrected chi connectivity index (χ1v) is 5.74. The van der Waals surface area contributed by atoms with E-state index in [4.69, 9.17) is 17.0 Å². The predicted octanol–water partition coefficient (Wildman–Crippen LogP) is 1.92. The molecule has 0 rings (SSSR count). The fourth-order valence-electron chi connectivity index (χ4n) is 0.970. The standard InChI is InChI=1S/C11H24N2OS/c1-8(7-14-6)12-10(15)13-9(2)11(3,4)5/h8-9H,7H2,1-6H3,(H2,12,13,15). The molecule has 0 amide bonds. The molecule has 0 heterocycles. The van der Waals surface area contributed by atoms with E-state index in [2.05, 4.69) is 38.3 Å². The van der Waals surface area contributed by atoms with Crippen LogP contribution in [0.15, 0.2) is 0 Å². The molecule has 0 aromatic rings. The lowest BCUT2D eigenvalue weighted by atomic mass is 9.88. The zero-order valence-electron chi connectivity index (χ0n) is 10.7. The number of nitrogens with one attached hydrogen (secondary N) is 2. The van der Waals surface area contributed by atoms with Crippen molar-refractivity contribution in [3.63, 3.8) is 0 Å². The van der Waals surface area contributed by atoms with E-state index in [1.807, 2.05) is 6.92 Å². The molecule has 0 saturated carbocycles. The molecule has 2 N–H and O–H groups in total. The summed E-state index contributed by atoms with van der Waals surface area (Å²) in [6.07, 6.45) is 0. The van der Waals surface area contributed by atoms with Gasteiger partial charge >= 0.3 is 0 Å². The molecule has 0 aliphatic rings. The van der Waals surface area contributed by atoms with Crippen LogP contribution in [-0.4, -0.2) is 30.9 Å². The van der Waals surface area contributed by atoms with Crippen LogP contribution >= 0.6 is 12.2 Å². The first kappa shape index (κ1) is 14.6. The van der Waals surface area contributed by atoms with Crippen LogP contribution < -0.4 is 10.6 Å². The van der Waals surface area contributed by atoms with Crippen LogP contribution in [0.1, 0.15) is 34.6 Å². The van der Waals surface area contributed by atoms with Gasteiger partial charge in [0.2, 0.25) is 0 Å². The molecule has 0 radical (unpaired) electrons. The van der Waals surface area contributed by atoms with Gasteiger partial charge in [-0.25, -0.2) is 0 Å². The van der Waals surface area contributed by atoms with E-state index in [1.54, 1.807) is 7.11 Å². The molecule has 4 heteroatoms. The summed E-state index contributed by atoms with van der Waals surface area (Å²) in [6, 6.07) is 0.578. The van der Waals surface area contributed by atoms with E-state index >= 15 is 0 Å². The lowest BCUT2D eigenvalue weighted by Gasteiger charge is -2.30. The van der Waals surface area contributed by atoms with E-state index < -0.39 is 0 Å². The third kappa shape index (κ3) is 6.68. The Balaban J connectivity index is 3.94. The summed E-state index contributed by atoms with van der Waals surface area (Å²) in [5.74, 6) is 0. The van der Waals surface area contributed by atoms with E-state index in [-0.39, 0.29) is 11.5 Å². The molecule has 0 aromatic carbocycles. The lowest BCUT2D eigenvalue weighted by Crippen LogP contribution is -2.49. The summed E-state index contributed by atoms with van der Waals surface area (Å²) < 4.78 is 5.03. The fourth-order valence-corrected chi connectivity index (χ4v) is 1.35. The van der Waals surface area contributed by atoms with Gasteiger partial charge in [-0.2, -0.15) is 0 Å². The van der Waals surface area contributed by atoms with Crippen LogP contribution in [0.3, 0.4) is 0 Å². The lowest BCUT2D eigenvalue weighted by molar-refractivity contribution is 0.179. The van der Waals surface area contributed by atoms with Gasteiger partial charge in [0.05, 0.1) is 6.61 Å². The van der Waals surface area contributed by atoms with E-state index in [0.29, 0.717) is 17.8 Å². The highest BCUT2D eigenvalue weighted by atomic mass is 32.1. The summed E-state index contributed by atoms with van der Waals surface area (Å²) in [5, 5.41) is 7.15. The van der Waals surface area contributed by atoms with Crippen LogP contribution in [0.2, 0.25) is 0 Å². The topological polar surface area (TPSA) is 33.3 Å². The van der Waals surface area contributed by atoms with Crippen molar-refractivity contribution < 1.29 is 4.74 Å². The van der Waals surface area contributed by atoms with Crippen LogP contribution in [-0.2, 0) is 4.74 Å². The van der Waals surface area contributed by atoms with Gasteiger partial charge in [0.15, 0.2) is 5.11 Å². The van der Waals surface area contributed by atoms with Crippen molar-refractivity contribution >= 4 is 17.3 Å². The summed E-state index contributed by atoms with van der Waals surface area (Å²) in [4.78, 5) is 0. The zero-order chi connectivity index (χ0) is 12.1. The smallest absolute Gasteiger partial charge is 0.166 e. The van der Waals surface area contributed by atoms with E-state index in [9.17, 15) is 0 Å². The molecule has 0 fully saturated rings. The van der Waals surface area contributed by atoms with Gasteiger partial charge in [0, 0.05) is 19.2 Å². The van der Waals surface area contributed by atoms with Crippen molar-refractivity contribution in [2.24, 2.45) is 5.41 Å². The number of ether oxygens (including phenoxy) is 1. The molecule has 15 heavy (non-hydrogen) atoms. The van der Waals surface area contributed by atoms with Crippen molar-refractivity contribution in [3.05, 3.63) is 0 Å². The van der Waals surface area contributed by atoms with Gasteiger partial charge in [0.1, 0.15) is 0 Å². The Morgan fingerprint density at radius 2 is 1.80 bits per heavy atom. The molecule has 0 spiro atoms. The minimum Gasteiger partial charge on any atom is -0.383 e. The van der Waals surface area contributed by atoms with Crippen LogP contribution in [0.4, 0.5) is 0 Å². The molecule has 3 nitrogen and oxygen atoms in total. The van der Waals surface area contributed by atoms with Crippen molar-refractivity contribution in [3.8, 4) is 0 Å². The molecule has 0 aliphatic heterocycles. The Bertz CT molecular complexity index is 201. The molecular weight excluding hydrogens is 208 g/mol. The number of hydrogen-bond acceptors (Lipinski definition) is 2. The van der Waals surface area contributed by atoms with Gasteiger partial charge in [-0.05, 0) is 31.5 Å². The first-order chi connectivity index (χ1) is 6.77. The van der Waals surface area contributed by atoms with Crippen molar-refractivity contribution in [2.45, 2.75) is 46.7 Å². The zero-order valence-corrected chi connectivity index (χ0v) is 11.5. The third-order valence-corrected chi connectivity index (χ3v) is 2.68. The summed E-state index contributed by atoms with van der Waals surface area (Å²) in [5.41, 5.74) is 0.205. The molecule has 2 atom stereocenters. The normalized spacial score (nSPS) is 15.6. The van der Waals surface area contributed by atoms with Crippen molar-refractivity contribution in [1.82, 2.24) is 10.6 Å². The average molecular weight is 232 g/mol. The molecule has 0 aliphatic carbocycles. The summed E-state index contributed by atoms with van der Waals surface area (Å²) in [7, 11) is 1.69. The predicted molar refractivity (Wildman–Crippen MR) is 69.1 cm³/mol. The Hall–Kier alpha value is -0.350. The van der Waals surface area contributed by atoms with Gasteiger partial charge in [-0.3, -0.25) is 0 Å². The maximum Gasteiger partial charge on any atom is 0.166 e. The third-order valence-electron chi connectivity index (χ3n) is 2.44. The first-order valence-electron chi connectivity index (χ1n) is 5.33. The van der Waals surface area contributed by atoms with Crippen molar-refractivity contribution in [2.75, 3.05) is 13.7 Å². The number of methoxy groups -OCH3 is 1. The maximum atomic E-state index is 5.21. The molecule has 0 aromatic heterocycles. The molecular formula is C11H24N2OS. The van der Waals surface area contributed by atoms with Crippen LogP contribution in [0, 0.1) is 5.41 Å². The maximum absolute atomic E-state index is 5.21. The van der Waals surface area contributed by atoms with Crippen molar-refractivity contribution in [1.29, 1.82) is 0 Å². The largest absolute Gasteiger partial charge is 0.383 e. The van der Waals surface area contributed by atoms with Gasteiger partial charge in [0.25, 0.3) is 0 Å². The Morgan fingerprint density at radius 1 is 1.27 bits per heavy atom. The Kier molecular flexibility index (Phi) is 6.13. The second-order valence-electron chi connectivity index (χ2n) is 5.06. The van der Waals surface area contributed by atoms with Gasteiger partial charge < -0.3 is 15.4 Å². The highest BCUT2D eigenvalue weighted by Crippen LogP contribution is 2.18. The monoisotopic (exact) mass is 232 g/mol. The second-order valence-corrected chi connectivity index (χ2v) is 5.47. The molecule has 2 unspecified atom stereocenters. The van der Waals surface area contributed by atoms with Gasteiger partial charge in [-0.15, -0.1) is 0 Å².